The summed E-state index contributed by atoms with van der Waals surface area (Å²) in [6.45, 7) is 2.64. The van der Waals surface area contributed by atoms with Gasteiger partial charge in [-0.25, -0.2) is 0 Å². The summed E-state index contributed by atoms with van der Waals surface area (Å²) in [5.74, 6) is 0.759. The van der Waals surface area contributed by atoms with E-state index in [1.165, 1.54) is 0 Å². The minimum absolute atomic E-state index is 0.119. The second-order valence-corrected chi connectivity index (χ2v) is 5.88. The maximum Gasteiger partial charge on any atom is 0.238 e. The van der Waals surface area contributed by atoms with Crippen LogP contribution in [0.4, 0.5) is 5.69 Å². The molecule has 23 heavy (non-hydrogen) atoms. The van der Waals surface area contributed by atoms with E-state index in [-0.39, 0.29) is 24.3 Å². The molecule has 2 aliphatic rings. The highest BCUT2D eigenvalue weighted by atomic mass is 16.6. The number of hydrogen-bond donors (Lipinski definition) is 2. The summed E-state index contributed by atoms with van der Waals surface area (Å²) >= 11 is 0. The maximum absolute atomic E-state index is 12.2. The number of carbonyl (C=O) groups excluding carboxylic acids is 2. The highest BCUT2D eigenvalue weighted by Gasteiger charge is 2.25. The SMILES string of the molecule is NC(=O)[C@H]1CCCN(CC(=O)Nc2ccc3c(c2)OCCO3)C1. The number of nitrogens with two attached hydrogens (primary N) is 1. The lowest BCUT2D eigenvalue weighted by Gasteiger charge is -2.30. The zero-order chi connectivity index (χ0) is 16.2. The molecule has 1 aromatic rings. The fourth-order valence-corrected chi connectivity index (χ4v) is 2.96. The maximum atomic E-state index is 12.2. The first-order valence-corrected chi connectivity index (χ1v) is 7.83. The van der Waals surface area contributed by atoms with Gasteiger partial charge in [0.25, 0.3) is 0 Å². The van der Waals surface area contributed by atoms with Gasteiger partial charge in [-0.05, 0) is 31.5 Å². The Morgan fingerprint density at radius 3 is 2.83 bits per heavy atom. The highest BCUT2D eigenvalue weighted by Crippen LogP contribution is 2.32. The minimum Gasteiger partial charge on any atom is -0.486 e. The Hall–Kier alpha value is -2.28. The van der Waals surface area contributed by atoms with Gasteiger partial charge < -0.3 is 20.5 Å². The number of nitrogens with one attached hydrogen (secondary N) is 1. The molecule has 2 aliphatic heterocycles. The van der Waals surface area contributed by atoms with E-state index in [2.05, 4.69) is 5.32 Å². The molecule has 1 fully saturated rings. The molecule has 0 bridgehead atoms. The Morgan fingerprint density at radius 2 is 2.04 bits per heavy atom. The molecule has 3 N–H and O–H groups in total. The minimum atomic E-state index is -0.290. The average molecular weight is 319 g/mol. The van der Waals surface area contributed by atoms with Gasteiger partial charge in [-0.3, -0.25) is 14.5 Å². The number of nitrogens with zero attached hydrogens (tertiary/aromatic N) is 1. The first kappa shape index (κ1) is 15.6. The lowest BCUT2D eigenvalue weighted by Crippen LogP contribution is -2.44. The summed E-state index contributed by atoms with van der Waals surface area (Å²) in [6.07, 6.45) is 1.68. The van der Waals surface area contributed by atoms with Gasteiger partial charge in [0.15, 0.2) is 11.5 Å². The smallest absolute Gasteiger partial charge is 0.238 e. The number of amides is 2. The van der Waals surface area contributed by atoms with Crippen LogP contribution in [0.15, 0.2) is 18.2 Å². The molecule has 0 spiro atoms. The number of rotatable bonds is 4. The molecule has 0 unspecified atom stereocenters. The van der Waals surface area contributed by atoms with Crippen LogP contribution in [0.3, 0.4) is 0 Å². The van der Waals surface area contributed by atoms with E-state index in [9.17, 15) is 9.59 Å². The molecule has 124 valence electrons. The van der Waals surface area contributed by atoms with E-state index in [0.717, 1.165) is 19.4 Å². The van der Waals surface area contributed by atoms with Crippen molar-refractivity contribution in [1.29, 1.82) is 0 Å². The molecule has 0 aromatic heterocycles. The molecule has 7 nitrogen and oxygen atoms in total. The number of carbonyl (C=O) groups is 2. The van der Waals surface area contributed by atoms with Crippen molar-refractivity contribution in [3.63, 3.8) is 0 Å². The van der Waals surface area contributed by atoms with Gasteiger partial charge in [0.1, 0.15) is 13.2 Å². The van der Waals surface area contributed by atoms with Crippen LogP contribution in [0.1, 0.15) is 12.8 Å². The van der Waals surface area contributed by atoms with Crippen LogP contribution < -0.4 is 20.5 Å². The van der Waals surface area contributed by atoms with Gasteiger partial charge in [0.2, 0.25) is 11.8 Å². The molecule has 1 saturated heterocycles. The van der Waals surface area contributed by atoms with Gasteiger partial charge in [-0.15, -0.1) is 0 Å². The van der Waals surface area contributed by atoms with Crippen molar-refractivity contribution < 1.29 is 19.1 Å². The number of anilines is 1. The molecule has 1 atom stereocenters. The first-order chi connectivity index (χ1) is 11.1. The molecule has 0 aliphatic carbocycles. The number of hydrogen-bond acceptors (Lipinski definition) is 5. The highest BCUT2D eigenvalue weighted by molar-refractivity contribution is 5.92. The monoisotopic (exact) mass is 319 g/mol. The third kappa shape index (κ3) is 3.92. The second kappa shape index (κ2) is 6.87. The Labute approximate surface area is 134 Å². The van der Waals surface area contributed by atoms with Crippen LogP contribution in [0, 0.1) is 5.92 Å². The Balaban J connectivity index is 1.56. The zero-order valence-corrected chi connectivity index (χ0v) is 12.9. The molecule has 2 amide bonds. The number of likely N-dealkylation sites (tertiary alicyclic amines) is 1. The van der Waals surface area contributed by atoms with Crippen LogP contribution in [-0.2, 0) is 9.59 Å². The van der Waals surface area contributed by atoms with Crippen LogP contribution in [0.5, 0.6) is 11.5 Å². The summed E-state index contributed by atoms with van der Waals surface area (Å²) < 4.78 is 10.9. The average Bonchev–Trinajstić information content (AvgIpc) is 2.55. The number of piperidine rings is 1. The molecular formula is C16H21N3O4. The summed E-state index contributed by atoms with van der Waals surface area (Å²) in [4.78, 5) is 25.4. The summed E-state index contributed by atoms with van der Waals surface area (Å²) in [7, 11) is 0. The summed E-state index contributed by atoms with van der Waals surface area (Å²) in [5, 5.41) is 2.85. The largest absolute Gasteiger partial charge is 0.486 e. The fraction of sp³-hybridized carbons (Fsp3) is 0.500. The van der Waals surface area contributed by atoms with Gasteiger partial charge in [-0.2, -0.15) is 0 Å². The van der Waals surface area contributed by atoms with Gasteiger partial charge >= 0.3 is 0 Å². The Kier molecular flexibility index (Phi) is 4.66. The van der Waals surface area contributed by atoms with E-state index in [1.54, 1.807) is 18.2 Å². The van der Waals surface area contributed by atoms with Crippen LogP contribution >= 0.6 is 0 Å². The molecule has 0 radical (unpaired) electrons. The number of primary amides is 1. The fourth-order valence-electron chi connectivity index (χ4n) is 2.96. The van der Waals surface area contributed by atoms with Crippen molar-refractivity contribution in [1.82, 2.24) is 4.90 Å². The lowest BCUT2D eigenvalue weighted by atomic mass is 9.97. The number of ether oxygens (including phenoxy) is 2. The third-order valence-corrected chi connectivity index (χ3v) is 4.10. The van der Waals surface area contributed by atoms with Gasteiger partial charge in [-0.1, -0.05) is 0 Å². The van der Waals surface area contributed by atoms with Crippen LogP contribution in [0.2, 0.25) is 0 Å². The molecular weight excluding hydrogens is 298 g/mol. The molecule has 1 aromatic carbocycles. The van der Waals surface area contributed by atoms with Crippen molar-refractivity contribution in [2.45, 2.75) is 12.8 Å². The second-order valence-electron chi connectivity index (χ2n) is 5.88. The summed E-state index contributed by atoms with van der Waals surface area (Å²) in [6, 6.07) is 5.33. The van der Waals surface area contributed by atoms with Crippen LogP contribution in [-0.4, -0.2) is 49.6 Å². The predicted octanol–water partition coefficient (Wildman–Crippen LogP) is 0.594. The standard InChI is InChI=1S/C16H21N3O4/c17-16(21)11-2-1-5-19(9-11)10-15(20)18-12-3-4-13-14(8-12)23-7-6-22-13/h3-4,8,11H,1-2,5-7,9-10H2,(H2,17,21)(H,18,20)/t11-/m0/s1. The van der Waals surface area contributed by atoms with E-state index >= 15 is 0 Å². The predicted molar refractivity (Wildman–Crippen MR) is 84.4 cm³/mol. The van der Waals surface area contributed by atoms with E-state index in [1.807, 2.05) is 4.90 Å². The molecule has 7 heteroatoms. The van der Waals surface area contributed by atoms with Gasteiger partial charge in [0, 0.05) is 18.3 Å². The van der Waals surface area contributed by atoms with Crippen LogP contribution in [0.25, 0.3) is 0 Å². The normalized spacial score (nSPS) is 20.8. The van der Waals surface area contributed by atoms with Gasteiger partial charge in [0.05, 0.1) is 12.5 Å². The Morgan fingerprint density at radius 1 is 1.26 bits per heavy atom. The first-order valence-electron chi connectivity index (χ1n) is 7.83. The lowest BCUT2D eigenvalue weighted by molar-refractivity contribution is -0.125. The Bertz CT molecular complexity index is 605. The molecule has 2 heterocycles. The van der Waals surface area contributed by atoms with Crippen molar-refractivity contribution in [2.75, 3.05) is 38.2 Å². The summed E-state index contributed by atoms with van der Waals surface area (Å²) in [5.41, 5.74) is 6.03. The number of fused-ring (bicyclic) bond motifs is 1. The quantitative estimate of drug-likeness (QED) is 0.847. The van der Waals surface area contributed by atoms with Crippen molar-refractivity contribution in [3.05, 3.63) is 18.2 Å². The van der Waals surface area contributed by atoms with E-state index in [0.29, 0.717) is 36.9 Å². The number of benzene rings is 1. The molecule has 0 saturated carbocycles. The topological polar surface area (TPSA) is 93.9 Å². The van der Waals surface area contributed by atoms with E-state index in [4.69, 9.17) is 15.2 Å². The molecule has 3 rings (SSSR count). The van der Waals surface area contributed by atoms with E-state index < -0.39 is 0 Å². The van der Waals surface area contributed by atoms with Crippen molar-refractivity contribution in [2.24, 2.45) is 11.7 Å². The van der Waals surface area contributed by atoms with Crippen molar-refractivity contribution >= 4 is 17.5 Å². The van der Waals surface area contributed by atoms with Crippen molar-refractivity contribution in [3.8, 4) is 11.5 Å². The zero-order valence-electron chi connectivity index (χ0n) is 12.9. The third-order valence-electron chi connectivity index (χ3n) is 4.10.